The van der Waals surface area contributed by atoms with E-state index in [1.165, 1.54) is 63.4 Å². The summed E-state index contributed by atoms with van der Waals surface area (Å²) in [6.45, 7) is 21.3. The van der Waals surface area contributed by atoms with Crippen molar-refractivity contribution in [2.24, 2.45) is 56.7 Å². The van der Waals surface area contributed by atoms with E-state index in [-0.39, 0.29) is 22.9 Å². The number of fused-ring (bicyclic) bond motifs is 7. The lowest BCUT2D eigenvalue weighted by molar-refractivity contribution is -0.251. The normalized spacial score (nSPS) is 52.5. The molecule has 0 aromatic carbocycles. The molecule has 5 aliphatic rings. The van der Waals surface area contributed by atoms with Gasteiger partial charge in [0.05, 0.1) is 0 Å². The van der Waals surface area contributed by atoms with Crippen LogP contribution in [-0.2, 0) is 9.53 Å². The molecular formula is C32H52O3. The molecule has 1 N–H and O–H groups in total. The van der Waals surface area contributed by atoms with Crippen molar-refractivity contribution in [3.8, 4) is 0 Å². The smallest absolute Gasteiger partial charge is 0.302 e. The van der Waals surface area contributed by atoms with E-state index in [0.29, 0.717) is 46.5 Å². The number of aliphatic hydroxyl groups excluding tert-OH is 1. The van der Waals surface area contributed by atoms with E-state index in [1.54, 1.807) is 6.92 Å². The van der Waals surface area contributed by atoms with Gasteiger partial charge in [0.25, 0.3) is 0 Å². The summed E-state index contributed by atoms with van der Waals surface area (Å²) in [7, 11) is 0. The first kappa shape index (κ1) is 25.8. The topological polar surface area (TPSA) is 46.5 Å². The van der Waals surface area contributed by atoms with Crippen molar-refractivity contribution >= 4 is 5.97 Å². The van der Waals surface area contributed by atoms with E-state index in [1.807, 2.05) is 0 Å². The molecule has 0 aromatic heterocycles. The van der Waals surface area contributed by atoms with Gasteiger partial charge in [0.2, 0.25) is 0 Å². The van der Waals surface area contributed by atoms with E-state index in [2.05, 4.69) is 48.1 Å². The van der Waals surface area contributed by atoms with Crippen LogP contribution in [0.25, 0.3) is 0 Å². The maximum Gasteiger partial charge on any atom is 0.302 e. The SMILES string of the molecule is C=C(C)C1CCC2(CO)CC[C@]3(C)C(CCC4[C@@]5(C)CCC(OC(C)=O)C(C)(C)C5CC[C@]43C)C12. The Bertz CT molecular complexity index is 891. The molecule has 10 atom stereocenters. The van der Waals surface area contributed by atoms with Crippen LogP contribution in [0.4, 0.5) is 0 Å². The summed E-state index contributed by atoms with van der Waals surface area (Å²) < 4.78 is 5.90. The predicted octanol–water partition coefficient (Wildman–Crippen LogP) is 7.57. The lowest BCUT2D eigenvalue weighted by atomic mass is 9.32. The third kappa shape index (κ3) is 3.28. The quantitative estimate of drug-likeness (QED) is 0.332. The molecule has 5 saturated carbocycles. The molecule has 3 heteroatoms. The Kier molecular flexibility index (Phi) is 5.96. The second-order valence-electron chi connectivity index (χ2n) is 15.2. The second kappa shape index (κ2) is 8.08. The Hall–Kier alpha value is -0.830. The van der Waals surface area contributed by atoms with Gasteiger partial charge in [0.15, 0.2) is 0 Å². The fourth-order valence-corrected chi connectivity index (χ4v) is 11.9. The highest BCUT2D eigenvalue weighted by molar-refractivity contribution is 5.66. The van der Waals surface area contributed by atoms with Crippen molar-refractivity contribution in [1.82, 2.24) is 0 Å². The van der Waals surface area contributed by atoms with Gasteiger partial charge in [-0.05, 0) is 122 Å². The van der Waals surface area contributed by atoms with Crippen LogP contribution in [0, 0.1) is 56.7 Å². The number of hydrogen-bond donors (Lipinski definition) is 1. The van der Waals surface area contributed by atoms with Gasteiger partial charge in [-0.1, -0.05) is 46.8 Å². The third-order valence-electron chi connectivity index (χ3n) is 13.8. The Morgan fingerprint density at radius 3 is 2.20 bits per heavy atom. The molecule has 5 fully saturated rings. The minimum absolute atomic E-state index is 0.0207. The molecule has 5 aliphatic carbocycles. The highest BCUT2D eigenvalue weighted by Gasteiger charge is 2.71. The van der Waals surface area contributed by atoms with Gasteiger partial charge in [-0.25, -0.2) is 0 Å². The largest absolute Gasteiger partial charge is 0.462 e. The van der Waals surface area contributed by atoms with Crippen LogP contribution < -0.4 is 0 Å². The van der Waals surface area contributed by atoms with Crippen molar-refractivity contribution in [1.29, 1.82) is 0 Å². The molecule has 5 rings (SSSR count). The zero-order valence-electron chi connectivity index (χ0n) is 23.7. The first-order valence-corrected chi connectivity index (χ1v) is 14.7. The molecule has 0 radical (unpaired) electrons. The fourth-order valence-electron chi connectivity index (χ4n) is 11.9. The van der Waals surface area contributed by atoms with Gasteiger partial charge in [-0.3, -0.25) is 4.79 Å². The number of allylic oxidation sites excluding steroid dienone is 1. The Morgan fingerprint density at radius 1 is 0.857 bits per heavy atom. The first-order chi connectivity index (χ1) is 16.3. The number of esters is 1. The maximum atomic E-state index is 11.9. The molecule has 0 spiro atoms. The predicted molar refractivity (Wildman–Crippen MR) is 142 cm³/mol. The highest BCUT2D eigenvalue weighted by Crippen LogP contribution is 2.77. The maximum absolute atomic E-state index is 11.9. The number of carbonyl (C=O) groups is 1. The number of ether oxygens (including phenoxy) is 1. The zero-order valence-corrected chi connectivity index (χ0v) is 23.7. The standard InChI is InChI=1S/C32H52O3/c1-20(2)22-11-16-32(19-33)18-17-30(7)23(27(22)32)9-10-25-29(6)14-13-26(35-21(3)34)28(4,5)24(29)12-15-31(25,30)8/h22-27,33H,1,9-19H2,2-8H3/t22?,23?,24?,25?,26?,27?,29-,30+,31+,32?/m0/s1. The molecule has 0 heterocycles. The average Bonchev–Trinajstić information content (AvgIpc) is 3.16. The molecule has 0 aromatic rings. The lowest BCUT2D eigenvalue weighted by Gasteiger charge is -2.73. The number of rotatable bonds is 3. The number of hydrogen-bond acceptors (Lipinski definition) is 3. The van der Waals surface area contributed by atoms with Crippen LogP contribution in [0.1, 0.15) is 113 Å². The van der Waals surface area contributed by atoms with E-state index >= 15 is 0 Å². The van der Waals surface area contributed by atoms with Crippen molar-refractivity contribution < 1.29 is 14.6 Å². The summed E-state index contributed by atoms with van der Waals surface area (Å²) in [6.07, 6.45) is 12.2. The van der Waals surface area contributed by atoms with Crippen LogP contribution in [0.15, 0.2) is 12.2 Å². The minimum Gasteiger partial charge on any atom is -0.462 e. The Labute approximate surface area is 214 Å². The Balaban J connectivity index is 1.51. The van der Waals surface area contributed by atoms with E-state index in [4.69, 9.17) is 4.74 Å². The molecular weight excluding hydrogens is 432 g/mol. The number of carbonyl (C=O) groups excluding carboxylic acids is 1. The molecule has 0 aliphatic heterocycles. The van der Waals surface area contributed by atoms with Gasteiger partial charge in [-0.2, -0.15) is 0 Å². The molecule has 7 unspecified atom stereocenters. The van der Waals surface area contributed by atoms with E-state index in [0.717, 1.165) is 12.3 Å². The summed E-state index contributed by atoms with van der Waals surface area (Å²) in [4.78, 5) is 11.9. The second-order valence-corrected chi connectivity index (χ2v) is 15.2. The fraction of sp³-hybridized carbons (Fsp3) is 0.906. The number of aliphatic hydroxyl groups is 1. The average molecular weight is 485 g/mol. The molecule has 0 saturated heterocycles. The van der Waals surface area contributed by atoms with Crippen LogP contribution in [0.5, 0.6) is 0 Å². The molecule has 0 amide bonds. The summed E-state index contributed by atoms with van der Waals surface area (Å²) in [5.74, 6) is 3.07. The van der Waals surface area contributed by atoms with Crippen molar-refractivity contribution in [2.45, 2.75) is 119 Å². The molecule has 198 valence electrons. The van der Waals surface area contributed by atoms with Gasteiger partial charge in [0, 0.05) is 18.9 Å². The van der Waals surface area contributed by atoms with Gasteiger partial charge in [0.1, 0.15) is 6.10 Å². The van der Waals surface area contributed by atoms with Crippen LogP contribution >= 0.6 is 0 Å². The van der Waals surface area contributed by atoms with Crippen molar-refractivity contribution in [2.75, 3.05) is 6.61 Å². The first-order valence-electron chi connectivity index (χ1n) is 14.7. The summed E-state index contributed by atoms with van der Waals surface area (Å²) in [5, 5.41) is 10.7. The van der Waals surface area contributed by atoms with Crippen LogP contribution in [0.3, 0.4) is 0 Å². The lowest BCUT2D eigenvalue weighted by Crippen LogP contribution is -2.67. The highest BCUT2D eigenvalue weighted by atomic mass is 16.5. The van der Waals surface area contributed by atoms with E-state index < -0.39 is 0 Å². The zero-order chi connectivity index (χ0) is 25.6. The van der Waals surface area contributed by atoms with Crippen LogP contribution in [-0.4, -0.2) is 23.8 Å². The molecule has 3 nitrogen and oxygen atoms in total. The summed E-state index contributed by atoms with van der Waals surface area (Å²) in [6, 6.07) is 0. The van der Waals surface area contributed by atoms with Gasteiger partial charge in [-0.15, -0.1) is 0 Å². The van der Waals surface area contributed by atoms with Crippen LogP contribution in [0.2, 0.25) is 0 Å². The van der Waals surface area contributed by atoms with Gasteiger partial charge < -0.3 is 9.84 Å². The van der Waals surface area contributed by atoms with Gasteiger partial charge >= 0.3 is 5.97 Å². The minimum atomic E-state index is -0.126. The summed E-state index contributed by atoms with van der Waals surface area (Å²) >= 11 is 0. The summed E-state index contributed by atoms with van der Waals surface area (Å²) in [5.41, 5.74) is 2.45. The van der Waals surface area contributed by atoms with Crippen molar-refractivity contribution in [3.63, 3.8) is 0 Å². The molecule has 0 bridgehead atoms. The third-order valence-corrected chi connectivity index (χ3v) is 13.8. The monoisotopic (exact) mass is 484 g/mol. The Morgan fingerprint density at radius 2 is 1.57 bits per heavy atom. The molecule has 35 heavy (non-hydrogen) atoms. The van der Waals surface area contributed by atoms with Crippen molar-refractivity contribution in [3.05, 3.63) is 12.2 Å². The van der Waals surface area contributed by atoms with E-state index in [9.17, 15) is 9.90 Å².